The molecule has 0 spiro atoms. The standard InChI is InChI=1S/C24H22Br2N4O3/c25-18-12-16(13-19(26)23(18)27)21(31)6-7-22(32)29-10-8-17(9-11-29)30-14-20(28-24(30)33)15-4-2-1-3-5-15/h1-7,12-14,17H,8-11,27H2,(H,28,33). The van der Waals surface area contributed by atoms with E-state index in [0.29, 0.717) is 46.1 Å². The number of carbonyl (C=O) groups is 2. The molecule has 1 fully saturated rings. The third-order valence-corrected chi connectivity index (χ3v) is 7.05. The molecule has 1 aliphatic heterocycles. The first-order chi connectivity index (χ1) is 15.8. The molecule has 0 atom stereocenters. The van der Waals surface area contributed by atoms with Crippen molar-refractivity contribution in [3.05, 3.63) is 85.8 Å². The van der Waals surface area contributed by atoms with E-state index in [-0.39, 0.29) is 23.4 Å². The summed E-state index contributed by atoms with van der Waals surface area (Å²) in [5.41, 5.74) is 8.37. The molecule has 1 amide bonds. The highest BCUT2D eigenvalue weighted by Crippen LogP contribution is 2.30. The molecule has 2 heterocycles. The number of benzene rings is 2. The Bertz CT molecular complexity index is 1250. The molecule has 0 unspecified atom stereocenters. The largest absolute Gasteiger partial charge is 0.397 e. The molecule has 9 heteroatoms. The van der Waals surface area contributed by atoms with Crippen molar-refractivity contribution in [3.63, 3.8) is 0 Å². The van der Waals surface area contributed by atoms with Gasteiger partial charge in [-0.25, -0.2) is 4.79 Å². The van der Waals surface area contributed by atoms with Gasteiger partial charge in [-0.15, -0.1) is 0 Å². The minimum Gasteiger partial charge on any atom is -0.397 e. The molecule has 3 aromatic rings. The third kappa shape index (κ3) is 5.20. The fourth-order valence-corrected chi connectivity index (χ4v) is 5.07. The number of amides is 1. The van der Waals surface area contributed by atoms with Crippen LogP contribution in [-0.4, -0.2) is 39.2 Å². The second kappa shape index (κ2) is 9.93. The second-order valence-corrected chi connectivity index (χ2v) is 9.56. The van der Waals surface area contributed by atoms with Gasteiger partial charge in [-0.2, -0.15) is 0 Å². The summed E-state index contributed by atoms with van der Waals surface area (Å²) < 4.78 is 2.94. The van der Waals surface area contributed by atoms with Crippen LogP contribution in [0.1, 0.15) is 29.2 Å². The molecule has 1 saturated heterocycles. The Morgan fingerprint density at radius 2 is 1.67 bits per heavy atom. The highest BCUT2D eigenvalue weighted by Gasteiger charge is 2.24. The Labute approximate surface area is 207 Å². The molecule has 4 rings (SSSR count). The number of hydrogen-bond acceptors (Lipinski definition) is 4. The zero-order valence-electron chi connectivity index (χ0n) is 17.6. The van der Waals surface area contributed by atoms with Gasteiger partial charge in [-0.1, -0.05) is 30.3 Å². The number of nitrogens with zero attached hydrogens (tertiary/aromatic N) is 2. The summed E-state index contributed by atoms with van der Waals surface area (Å²) in [5, 5.41) is 0. The zero-order chi connectivity index (χ0) is 23.5. The Morgan fingerprint density at radius 3 is 2.30 bits per heavy atom. The number of nitrogens with one attached hydrogen (secondary N) is 1. The molecule has 0 aliphatic carbocycles. The van der Waals surface area contributed by atoms with Crippen molar-refractivity contribution in [2.45, 2.75) is 18.9 Å². The maximum atomic E-state index is 12.6. The number of imidazole rings is 1. The topological polar surface area (TPSA) is 101 Å². The van der Waals surface area contributed by atoms with Gasteiger partial charge in [0.25, 0.3) is 0 Å². The van der Waals surface area contributed by atoms with Crippen LogP contribution in [0, 0.1) is 0 Å². The van der Waals surface area contributed by atoms with Gasteiger partial charge in [0, 0.05) is 45.9 Å². The Hall–Kier alpha value is -2.91. The normalized spacial score (nSPS) is 14.7. The van der Waals surface area contributed by atoms with Crippen LogP contribution >= 0.6 is 31.9 Å². The summed E-state index contributed by atoms with van der Waals surface area (Å²) in [6.45, 7) is 1.03. The van der Waals surface area contributed by atoms with Crippen LogP contribution < -0.4 is 11.4 Å². The Morgan fingerprint density at radius 1 is 1.03 bits per heavy atom. The van der Waals surface area contributed by atoms with E-state index in [1.54, 1.807) is 21.6 Å². The number of anilines is 1. The molecule has 0 bridgehead atoms. The highest BCUT2D eigenvalue weighted by atomic mass is 79.9. The lowest BCUT2D eigenvalue weighted by atomic mass is 10.0. The number of halogens is 2. The van der Waals surface area contributed by atoms with E-state index in [4.69, 9.17) is 5.73 Å². The zero-order valence-corrected chi connectivity index (χ0v) is 20.8. The smallest absolute Gasteiger partial charge is 0.326 e. The third-order valence-electron chi connectivity index (χ3n) is 5.74. The van der Waals surface area contributed by atoms with Gasteiger partial charge in [0.1, 0.15) is 0 Å². The number of H-pyrrole nitrogens is 1. The number of carbonyl (C=O) groups excluding carboxylic acids is 2. The van der Waals surface area contributed by atoms with Gasteiger partial charge in [-0.05, 0) is 68.5 Å². The highest BCUT2D eigenvalue weighted by molar-refractivity contribution is 9.11. The van der Waals surface area contributed by atoms with E-state index in [1.165, 1.54) is 12.2 Å². The maximum absolute atomic E-state index is 12.6. The van der Waals surface area contributed by atoms with E-state index in [0.717, 1.165) is 11.3 Å². The minimum atomic E-state index is -0.285. The van der Waals surface area contributed by atoms with Crippen molar-refractivity contribution in [2.75, 3.05) is 18.8 Å². The van der Waals surface area contributed by atoms with Gasteiger partial charge < -0.3 is 15.6 Å². The molecular formula is C24H22Br2N4O3. The van der Waals surface area contributed by atoms with Gasteiger partial charge >= 0.3 is 5.69 Å². The summed E-state index contributed by atoms with van der Waals surface area (Å²) in [5.74, 6) is -0.506. The predicted octanol–water partition coefficient (Wildman–Crippen LogP) is 4.55. The average molecular weight is 574 g/mol. The SMILES string of the molecule is Nc1c(Br)cc(C(=O)C=CC(=O)N2CCC(n3cc(-c4ccccc4)[nH]c3=O)CC2)cc1Br. The molecular weight excluding hydrogens is 552 g/mol. The van der Waals surface area contributed by atoms with Crippen LogP contribution in [0.4, 0.5) is 5.69 Å². The average Bonchev–Trinajstić information content (AvgIpc) is 3.22. The van der Waals surface area contributed by atoms with E-state index in [1.807, 2.05) is 36.5 Å². The summed E-state index contributed by atoms with van der Waals surface area (Å²) in [4.78, 5) is 42.1. The van der Waals surface area contributed by atoms with E-state index in [2.05, 4.69) is 36.8 Å². The van der Waals surface area contributed by atoms with Crippen LogP contribution in [0.25, 0.3) is 11.3 Å². The Balaban J connectivity index is 1.37. The number of allylic oxidation sites excluding steroid dienone is 1. The van der Waals surface area contributed by atoms with Crippen LogP contribution in [0.2, 0.25) is 0 Å². The fourth-order valence-electron chi connectivity index (χ4n) is 3.88. The number of ketones is 1. The lowest BCUT2D eigenvalue weighted by Crippen LogP contribution is -2.39. The molecule has 170 valence electrons. The van der Waals surface area contributed by atoms with Crippen LogP contribution in [0.15, 0.2) is 74.6 Å². The first kappa shape index (κ1) is 23.3. The van der Waals surface area contributed by atoms with Crippen LogP contribution in [0.5, 0.6) is 0 Å². The molecule has 3 N–H and O–H groups in total. The van der Waals surface area contributed by atoms with Crippen molar-refractivity contribution in [1.29, 1.82) is 0 Å². The summed E-state index contributed by atoms with van der Waals surface area (Å²) in [6.07, 6.45) is 5.76. The molecule has 7 nitrogen and oxygen atoms in total. The van der Waals surface area contributed by atoms with Crippen LogP contribution in [-0.2, 0) is 4.79 Å². The first-order valence-corrected chi connectivity index (χ1v) is 12.0. The van der Waals surface area contributed by atoms with Crippen molar-refractivity contribution in [1.82, 2.24) is 14.5 Å². The summed E-state index contributed by atoms with van der Waals surface area (Å²) in [6, 6.07) is 13.0. The second-order valence-electron chi connectivity index (χ2n) is 7.85. The number of aromatic nitrogens is 2. The van der Waals surface area contributed by atoms with Crippen molar-refractivity contribution >= 4 is 49.2 Å². The van der Waals surface area contributed by atoms with Gasteiger partial charge in [0.2, 0.25) is 5.91 Å². The molecule has 1 aliphatic rings. The monoisotopic (exact) mass is 572 g/mol. The minimum absolute atomic E-state index is 0.0188. The van der Waals surface area contributed by atoms with Gasteiger partial charge in [-0.3, -0.25) is 14.2 Å². The first-order valence-electron chi connectivity index (χ1n) is 10.5. The fraction of sp³-hybridized carbons (Fsp3) is 0.208. The Kier molecular flexibility index (Phi) is 6.99. The number of piperidine rings is 1. The number of aromatic amines is 1. The van der Waals surface area contributed by atoms with Crippen molar-refractivity contribution < 1.29 is 9.59 Å². The van der Waals surface area contributed by atoms with E-state index in [9.17, 15) is 14.4 Å². The molecule has 0 radical (unpaired) electrons. The molecule has 33 heavy (non-hydrogen) atoms. The van der Waals surface area contributed by atoms with Crippen LogP contribution in [0.3, 0.4) is 0 Å². The maximum Gasteiger partial charge on any atom is 0.326 e. The van der Waals surface area contributed by atoms with E-state index >= 15 is 0 Å². The van der Waals surface area contributed by atoms with E-state index < -0.39 is 0 Å². The number of rotatable bonds is 5. The summed E-state index contributed by atoms with van der Waals surface area (Å²) in [7, 11) is 0. The lowest BCUT2D eigenvalue weighted by molar-refractivity contribution is -0.127. The molecule has 0 saturated carbocycles. The van der Waals surface area contributed by atoms with Crippen molar-refractivity contribution in [2.24, 2.45) is 0 Å². The number of nitrogens with two attached hydrogens (primary N) is 1. The quantitative estimate of drug-likeness (QED) is 0.265. The lowest BCUT2D eigenvalue weighted by Gasteiger charge is -2.31. The number of hydrogen-bond donors (Lipinski definition) is 2. The predicted molar refractivity (Wildman–Crippen MR) is 135 cm³/mol. The van der Waals surface area contributed by atoms with Crippen molar-refractivity contribution in [3.8, 4) is 11.3 Å². The van der Waals surface area contributed by atoms with Gasteiger partial charge in [0.15, 0.2) is 5.78 Å². The number of nitrogen functional groups attached to an aromatic ring is 1. The number of likely N-dealkylation sites (tertiary alicyclic amines) is 1. The van der Waals surface area contributed by atoms with Gasteiger partial charge in [0.05, 0.1) is 11.4 Å². The molecule has 1 aromatic heterocycles. The summed E-state index contributed by atoms with van der Waals surface area (Å²) >= 11 is 6.64. The molecule has 2 aromatic carbocycles.